The molecule has 4 rings (SSSR count). The number of hydrogen-bond acceptors (Lipinski definition) is 6. The molecule has 0 aliphatic carbocycles. The van der Waals surface area contributed by atoms with Gasteiger partial charge in [-0.25, -0.2) is 23.1 Å². The van der Waals surface area contributed by atoms with E-state index < -0.39 is 34.6 Å². The van der Waals surface area contributed by atoms with Crippen LogP contribution in [0.5, 0.6) is 5.88 Å². The zero-order valence-electron chi connectivity index (χ0n) is 14.8. The normalized spacial score (nSPS) is 13.6. The van der Waals surface area contributed by atoms with E-state index >= 15 is 0 Å². The number of amides is 1. The third-order valence-electron chi connectivity index (χ3n) is 4.22. The number of carbonyl (C=O) groups is 1. The molecule has 0 atom stereocenters. The predicted octanol–water partition coefficient (Wildman–Crippen LogP) is 2.56. The molecule has 2 aromatic heterocycles. The van der Waals surface area contributed by atoms with Crippen molar-refractivity contribution in [2.24, 2.45) is 0 Å². The van der Waals surface area contributed by atoms with Crippen molar-refractivity contribution in [3.63, 3.8) is 0 Å². The first-order chi connectivity index (χ1) is 14.0. The highest BCUT2D eigenvalue weighted by Gasteiger charge is 2.23. The van der Waals surface area contributed by atoms with Crippen molar-refractivity contribution in [2.45, 2.75) is 6.10 Å². The number of pyridine rings is 1. The van der Waals surface area contributed by atoms with E-state index in [9.17, 15) is 18.0 Å². The first kappa shape index (κ1) is 18.8. The number of halogens is 3. The summed E-state index contributed by atoms with van der Waals surface area (Å²) in [5.41, 5.74) is -1.31. The van der Waals surface area contributed by atoms with Crippen LogP contribution in [0.2, 0.25) is 0 Å². The molecule has 148 valence electrons. The van der Waals surface area contributed by atoms with Gasteiger partial charge in [0.2, 0.25) is 5.88 Å². The molecule has 0 saturated carbocycles. The largest absolute Gasteiger partial charge is 0.470 e. The lowest BCUT2D eigenvalue weighted by atomic mass is 10.1. The third kappa shape index (κ3) is 3.87. The quantitative estimate of drug-likeness (QED) is 0.683. The molecular weight excluding hydrogens is 387 g/mol. The fourth-order valence-electron chi connectivity index (χ4n) is 2.66. The van der Waals surface area contributed by atoms with Crippen molar-refractivity contribution in [3.8, 4) is 17.1 Å². The molecule has 1 aliphatic rings. The van der Waals surface area contributed by atoms with E-state index in [0.717, 1.165) is 30.3 Å². The van der Waals surface area contributed by atoms with Gasteiger partial charge in [0.25, 0.3) is 5.91 Å². The van der Waals surface area contributed by atoms with Crippen LogP contribution < -0.4 is 15.4 Å². The molecule has 10 heteroatoms. The molecule has 1 fully saturated rings. The number of anilines is 1. The van der Waals surface area contributed by atoms with Crippen LogP contribution in [0.3, 0.4) is 0 Å². The van der Waals surface area contributed by atoms with Crippen molar-refractivity contribution in [3.05, 3.63) is 66.0 Å². The van der Waals surface area contributed by atoms with Gasteiger partial charge in [-0.05, 0) is 24.3 Å². The number of hydrogen-bond donors (Lipinski definition) is 2. The lowest BCUT2D eigenvalue weighted by molar-refractivity contribution is 0.101. The summed E-state index contributed by atoms with van der Waals surface area (Å²) in [6, 6.07) is 5.13. The number of nitrogens with one attached hydrogen (secondary N) is 2. The minimum atomic E-state index is -0.991. The molecule has 1 amide bonds. The van der Waals surface area contributed by atoms with Crippen molar-refractivity contribution in [2.75, 3.05) is 18.4 Å². The average Bonchev–Trinajstić information content (AvgIpc) is 2.67. The number of rotatable bonds is 5. The second kappa shape index (κ2) is 7.84. The van der Waals surface area contributed by atoms with E-state index in [4.69, 9.17) is 4.74 Å². The zero-order chi connectivity index (χ0) is 20.4. The number of benzene rings is 1. The Morgan fingerprint density at radius 3 is 2.55 bits per heavy atom. The highest BCUT2D eigenvalue weighted by molar-refractivity contribution is 6.03. The lowest BCUT2D eigenvalue weighted by Gasteiger charge is -2.27. The third-order valence-corrected chi connectivity index (χ3v) is 4.22. The zero-order valence-corrected chi connectivity index (χ0v) is 14.8. The van der Waals surface area contributed by atoms with E-state index in [1.165, 1.54) is 12.5 Å². The molecule has 1 aliphatic heterocycles. The predicted molar refractivity (Wildman–Crippen MR) is 96.8 cm³/mol. The van der Waals surface area contributed by atoms with Crippen molar-refractivity contribution < 1.29 is 22.7 Å². The summed E-state index contributed by atoms with van der Waals surface area (Å²) in [6.07, 6.45) is 2.53. The summed E-state index contributed by atoms with van der Waals surface area (Å²) in [4.78, 5) is 24.3. The Hall–Kier alpha value is -3.53. The monoisotopic (exact) mass is 401 g/mol. The van der Waals surface area contributed by atoms with E-state index in [-0.39, 0.29) is 23.4 Å². The Balaban J connectivity index is 1.62. The molecule has 2 N–H and O–H groups in total. The highest BCUT2D eigenvalue weighted by Crippen LogP contribution is 2.27. The van der Waals surface area contributed by atoms with Gasteiger partial charge in [0.15, 0.2) is 0 Å². The van der Waals surface area contributed by atoms with Crippen LogP contribution in [-0.4, -0.2) is 40.1 Å². The number of carbonyl (C=O) groups excluding carboxylic acids is 1. The van der Waals surface area contributed by atoms with Gasteiger partial charge in [0.1, 0.15) is 47.0 Å². The molecular formula is C19H14F3N5O2. The maximum atomic E-state index is 14.2. The van der Waals surface area contributed by atoms with Gasteiger partial charge in [-0.15, -0.1) is 0 Å². The Kier molecular flexibility index (Phi) is 5.09. The van der Waals surface area contributed by atoms with Crippen LogP contribution in [0.15, 0.2) is 42.9 Å². The van der Waals surface area contributed by atoms with Crippen molar-refractivity contribution >= 4 is 11.6 Å². The molecule has 3 heterocycles. The Bertz CT molecular complexity index is 1060. The second-order valence-corrected chi connectivity index (χ2v) is 6.22. The maximum absolute atomic E-state index is 14.2. The summed E-state index contributed by atoms with van der Waals surface area (Å²) >= 11 is 0. The van der Waals surface area contributed by atoms with E-state index in [0.29, 0.717) is 13.1 Å². The van der Waals surface area contributed by atoms with Gasteiger partial charge in [0, 0.05) is 13.1 Å². The van der Waals surface area contributed by atoms with Gasteiger partial charge in [-0.3, -0.25) is 4.79 Å². The average molecular weight is 401 g/mol. The lowest BCUT2D eigenvalue weighted by Crippen LogP contribution is -2.50. The van der Waals surface area contributed by atoms with Crippen LogP contribution in [0.1, 0.15) is 10.5 Å². The second-order valence-electron chi connectivity index (χ2n) is 6.22. The summed E-state index contributed by atoms with van der Waals surface area (Å²) in [5.74, 6) is -3.52. The molecule has 0 bridgehead atoms. The van der Waals surface area contributed by atoms with Gasteiger partial charge >= 0.3 is 0 Å². The number of ether oxygens (including phenoxy) is 1. The maximum Gasteiger partial charge on any atom is 0.274 e. The number of aromatic nitrogens is 3. The molecule has 3 aromatic rings. The van der Waals surface area contributed by atoms with Crippen LogP contribution in [0.25, 0.3) is 11.3 Å². The first-order valence-corrected chi connectivity index (χ1v) is 8.62. The molecule has 1 saturated heterocycles. The van der Waals surface area contributed by atoms with Crippen molar-refractivity contribution in [1.82, 2.24) is 20.3 Å². The number of nitrogens with zero attached hydrogens (tertiary/aromatic N) is 3. The van der Waals surface area contributed by atoms with Crippen molar-refractivity contribution in [1.29, 1.82) is 0 Å². The molecule has 0 spiro atoms. The summed E-state index contributed by atoms with van der Waals surface area (Å²) in [7, 11) is 0. The Morgan fingerprint density at radius 2 is 1.86 bits per heavy atom. The van der Waals surface area contributed by atoms with Gasteiger partial charge in [-0.2, -0.15) is 4.98 Å². The summed E-state index contributed by atoms with van der Waals surface area (Å²) < 4.78 is 47.9. The topological polar surface area (TPSA) is 89.0 Å². The minimum Gasteiger partial charge on any atom is -0.470 e. The molecule has 7 nitrogen and oxygen atoms in total. The Labute approximate surface area is 163 Å². The summed E-state index contributed by atoms with van der Waals surface area (Å²) in [6.45, 7) is 1.29. The highest BCUT2D eigenvalue weighted by atomic mass is 19.1. The van der Waals surface area contributed by atoms with Crippen LogP contribution in [0, 0.1) is 17.5 Å². The fraction of sp³-hybridized carbons (Fsp3) is 0.158. The molecule has 0 unspecified atom stereocenters. The van der Waals surface area contributed by atoms with Crippen LogP contribution in [0.4, 0.5) is 18.9 Å². The van der Waals surface area contributed by atoms with E-state index in [1.54, 1.807) is 0 Å². The van der Waals surface area contributed by atoms with Gasteiger partial charge in [-0.1, -0.05) is 6.07 Å². The van der Waals surface area contributed by atoms with Crippen LogP contribution >= 0.6 is 0 Å². The van der Waals surface area contributed by atoms with Gasteiger partial charge < -0.3 is 15.4 Å². The molecule has 29 heavy (non-hydrogen) atoms. The van der Waals surface area contributed by atoms with Gasteiger partial charge in [0.05, 0.1) is 11.8 Å². The first-order valence-electron chi connectivity index (χ1n) is 8.62. The summed E-state index contributed by atoms with van der Waals surface area (Å²) in [5, 5.41) is 5.57. The Morgan fingerprint density at radius 1 is 1.10 bits per heavy atom. The minimum absolute atomic E-state index is 0.0832. The fourth-order valence-corrected chi connectivity index (χ4v) is 2.66. The molecule has 0 radical (unpaired) electrons. The smallest absolute Gasteiger partial charge is 0.274 e. The van der Waals surface area contributed by atoms with E-state index in [2.05, 4.69) is 25.6 Å². The van der Waals surface area contributed by atoms with E-state index in [1.807, 2.05) is 0 Å². The molecule has 1 aromatic carbocycles. The SMILES string of the molecule is O=C(Nc1cncnc1OC1CNC1)c1ccc(F)c(-c2c(F)cccc2F)n1. The standard InChI is InChI=1S/C19H14F3N5O2/c20-11-2-1-3-12(21)16(11)17-13(22)4-5-14(26-17)18(28)27-15-8-24-9-25-19(15)29-10-6-23-7-10/h1-5,8-10,23H,6-7H2,(H,27,28). The van der Waals surface area contributed by atoms with Crippen LogP contribution in [-0.2, 0) is 0 Å².